The molecule has 1 fully saturated rings. The van der Waals surface area contributed by atoms with E-state index in [0.29, 0.717) is 0 Å². The first-order chi connectivity index (χ1) is 7.44. The summed E-state index contributed by atoms with van der Waals surface area (Å²) in [6, 6.07) is 0. The fourth-order valence-electron chi connectivity index (χ4n) is 2.58. The van der Waals surface area contributed by atoms with Gasteiger partial charge < -0.3 is 5.11 Å². The van der Waals surface area contributed by atoms with Gasteiger partial charge in [-0.15, -0.1) is 0 Å². The van der Waals surface area contributed by atoms with Crippen LogP contribution in [0.1, 0.15) is 59.8 Å². The topological polar surface area (TPSA) is 23.5 Å². The van der Waals surface area contributed by atoms with Crippen LogP contribution in [-0.4, -0.2) is 34.7 Å². The fourth-order valence-corrected chi connectivity index (χ4v) is 2.58. The summed E-state index contributed by atoms with van der Waals surface area (Å²) in [6.45, 7) is 11.2. The van der Waals surface area contributed by atoms with Gasteiger partial charge in [0.2, 0.25) is 0 Å². The number of aliphatic hydroxyl groups is 1. The molecule has 2 nitrogen and oxygen atoms in total. The van der Waals surface area contributed by atoms with Crippen LogP contribution in [0.2, 0.25) is 0 Å². The number of nitrogens with zero attached hydrogens (tertiary/aromatic N) is 1. The average Bonchev–Trinajstić information content (AvgIpc) is 2.69. The third-order valence-corrected chi connectivity index (χ3v) is 4.00. The number of rotatable bonds is 6. The maximum absolute atomic E-state index is 10.3. The number of aliphatic hydroxyl groups excluding tert-OH is 1. The van der Waals surface area contributed by atoms with Gasteiger partial charge >= 0.3 is 0 Å². The smallest absolute Gasteiger partial charge is 0.0718 e. The standard InChI is InChI=1S/C14H29NO/c1-12(2)8-7-9-13(16)14(3,4)15-10-5-6-11-15/h12-13,16H,5-11H2,1-4H3. The molecule has 1 atom stereocenters. The molecule has 0 radical (unpaired) electrons. The third kappa shape index (κ3) is 3.74. The molecule has 1 unspecified atom stereocenters. The largest absolute Gasteiger partial charge is 0.391 e. The van der Waals surface area contributed by atoms with E-state index in [1.807, 2.05) is 0 Å². The summed E-state index contributed by atoms with van der Waals surface area (Å²) in [4.78, 5) is 2.45. The summed E-state index contributed by atoms with van der Waals surface area (Å²) in [5.41, 5.74) is -0.0342. The van der Waals surface area contributed by atoms with E-state index in [-0.39, 0.29) is 11.6 Å². The zero-order chi connectivity index (χ0) is 12.2. The first-order valence-corrected chi connectivity index (χ1v) is 6.87. The molecule has 0 aromatic rings. The molecule has 0 aliphatic carbocycles. The van der Waals surface area contributed by atoms with Gasteiger partial charge in [-0.3, -0.25) is 4.90 Å². The van der Waals surface area contributed by atoms with E-state index in [1.54, 1.807) is 0 Å². The molecule has 1 aliphatic heterocycles. The Bertz CT molecular complexity index is 195. The van der Waals surface area contributed by atoms with Crippen LogP contribution >= 0.6 is 0 Å². The van der Waals surface area contributed by atoms with Gasteiger partial charge in [0.25, 0.3) is 0 Å². The Labute approximate surface area is 101 Å². The van der Waals surface area contributed by atoms with Gasteiger partial charge in [-0.1, -0.05) is 26.7 Å². The Morgan fingerprint density at radius 2 is 1.69 bits per heavy atom. The zero-order valence-electron chi connectivity index (χ0n) is 11.5. The Hall–Kier alpha value is -0.0800. The van der Waals surface area contributed by atoms with E-state index in [4.69, 9.17) is 0 Å². The van der Waals surface area contributed by atoms with Crippen molar-refractivity contribution in [2.45, 2.75) is 71.4 Å². The molecule has 0 spiro atoms. The lowest BCUT2D eigenvalue weighted by atomic mass is 9.90. The molecule has 1 aliphatic rings. The van der Waals surface area contributed by atoms with Crippen LogP contribution in [0, 0.1) is 5.92 Å². The highest BCUT2D eigenvalue weighted by Crippen LogP contribution is 2.27. The van der Waals surface area contributed by atoms with Gasteiger partial charge in [0.05, 0.1) is 6.10 Å². The lowest BCUT2D eigenvalue weighted by molar-refractivity contribution is -0.00356. The Balaban J connectivity index is 2.35. The summed E-state index contributed by atoms with van der Waals surface area (Å²) in [6.07, 6.45) is 5.74. The predicted molar refractivity (Wildman–Crippen MR) is 69.6 cm³/mol. The van der Waals surface area contributed by atoms with Gasteiger partial charge in [-0.25, -0.2) is 0 Å². The molecule has 1 heterocycles. The summed E-state index contributed by atoms with van der Waals surface area (Å²) in [7, 11) is 0. The molecule has 0 bridgehead atoms. The molecular formula is C14H29NO. The van der Waals surface area contributed by atoms with E-state index >= 15 is 0 Å². The second kappa shape index (κ2) is 6.02. The summed E-state index contributed by atoms with van der Waals surface area (Å²) >= 11 is 0. The molecule has 0 saturated carbocycles. The van der Waals surface area contributed by atoms with Gasteiger partial charge in [-0.2, -0.15) is 0 Å². The second-order valence-electron chi connectivity index (χ2n) is 6.19. The Morgan fingerprint density at radius 3 is 2.19 bits per heavy atom. The molecule has 1 saturated heterocycles. The summed E-state index contributed by atoms with van der Waals surface area (Å²) in [5, 5.41) is 10.3. The van der Waals surface area contributed by atoms with Gasteiger partial charge in [0.15, 0.2) is 0 Å². The van der Waals surface area contributed by atoms with Crippen molar-refractivity contribution in [2.24, 2.45) is 5.92 Å². The second-order valence-corrected chi connectivity index (χ2v) is 6.19. The van der Waals surface area contributed by atoms with E-state index < -0.39 is 0 Å². The van der Waals surface area contributed by atoms with Crippen molar-refractivity contribution < 1.29 is 5.11 Å². The molecule has 1 rings (SSSR count). The minimum atomic E-state index is -0.177. The molecule has 0 aromatic heterocycles. The summed E-state index contributed by atoms with van der Waals surface area (Å²) in [5.74, 6) is 0.752. The first-order valence-electron chi connectivity index (χ1n) is 6.87. The molecule has 0 amide bonds. The van der Waals surface area contributed by atoms with Crippen molar-refractivity contribution in [3.63, 3.8) is 0 Å². The van der Waals surface area contributed by atoms with E-state index in [9.17, 15) is 5.11 Å². The number of hydrogen-bond donors (Lipinski definition) is 1. The van der Waals surface area contributed by atoms with E-state index in [0.717, 1.165) is 31.8 Å². The third-order valence-electron chi connectivity index (χ3n) is 4.00. The van der Waals surface area contributed by atoms with Gasteiger partial charge in [0, 0.05) is 5.54 Å². The van der Waals surface area contributed by atoms with Crippen molar-refractivity contribution in [1.82, 2.24) is 4.90 Å². The van der Waals surface area contributed by atoms with E-state index in [2.05, 4.69) is 32.6 Å². The van der Waals surface area contributed by atoms with Crippen LogP contribution < -0.4 is 0 Å². The maximum Gasteiger partial charge on any atom is 0.0718 e. The van der Waals surface area contributed by atoms with Gasteiger partial charge in [0.1, 0.15) is 0 Å². The zero-order valence-corrected chi connectivity index (χ0v) is 11.5. The lowest BCUT2D eigenvalue weighted by Crippen LogP contribution is -2.51. The maximum atomic E-state index is 10.3. The SMILES string of the molecule is CC(C)CCCC(O)C(C)(C)N1CCCC1. The average molecular weight is 227 g/mol. The molecule has 2 heteroatoms. The summed E-state index contributed by atoms with van der Waals surface area (Å²) < 4.78 is 0. The molecular weight excluding hydrogens is 198 g/mol. The van der Waals surface area contributed by atoms with Gasteiger partial charge in [-0.05, 0) is 52.1 Å². The van der Waals surface area contributed by atoms with Crippen LogP contribution in [0.25, 0.3) is 0 Å². The van der Waals surface area contributed by atoms with Crippen LogP contribution in [0.3, 0.4) is 0 Å². The number of hydrogen-bond acceptors (Lipinski definition) is 2. The van der Waals surface area contributed by atoms with Crippen LogP contribution in [0.5, 0.6) is 0 Å². The minimum absolute atomic E-state index is 0.0342. The van der Waals surface area contributed by atoms with Crippen LogP contribution in [-0.2, 0) is 0 Å². The van der Waals surface area contributed by atoms with Crippen LogP contribution in [0.4, 0.5) is 0 Å². The fraction of sp³-hybridized carbons (Fsp3) is 1.00. The quantitative estimate of drug-likeness (QED) is 0.754. The Kier molecular flexibility index (Phi) is 5.26. The van der Waals surface area contributed by atoms with Crippen molar-refractivity contribution in [3.8, 4) is 0 Å². The van der Waals surface area contributed by atoms with Crippen molar-refractivity contribution in [1.29, 1.82) is 0 Å². The molecule has 1 N–H and O–H groups in total. The minimum Gasteiger partial charge on any atom is -0.391 e. The highest BCUT2D eigenvalue weighted by molar-refractivity contribution is 4.90. The Morgan fingerprint density at radius 1 is 1.12 bits per heavy atom. The van der Waals surface area contributed by atoms with Crippen molar-refractivity contribution in [2.75, 3.05) is 13.1 Å². The normalized spacial score (nSPS) is 20.6. The lowest BCUT2D eigenvalue weighted by Gasteiger charge is -2.39. The number of likely N-dealkylation sites (tertiary alicyclic amines) is 1. The van der Waals surface area contributed by atoms with Crippen LogP contribution in [0.15, 0.2) is 0 Å². The van der Waals surface area contributed by atoms with Crippen molar-refractivity contribution >= 4 is 0 Å². The first kappa shape index (κ1) is 14.0. The predicted octanol–water partition coefficient (Wildman–Crippen LogP) is 3.05. The highest BCUT2D eigenvalue weighted by atomic mass is 16.3. The molecule has 96 valence electrons. The highest BCUT2D eigenvalue weighted by Gasteiger charge is 2.35. The monoisotopic (exact) mass is 227 g/mol. The van der Waals surface area contributed by atoms with Crippen molar-refractivity contribution in [3.05, 3.63) is 0 Å². The van der Waals surface area contributed by atoms with E-state index in [1.165, 1.54) is 19.3 Å². The molecule has 0 aromatic carbocycles. The molecule has 16 heavy (non-hydrogen) atoms.